The number of nitro benzene ring substituents is 1. The van der Waals surface area contributed by atoms with Gasteiger partial charge in [0.05, 0.1) is 15.8 Å². The van der Waals surface area contributed by atoms with E-state index in [-0.39, 0.29) is 10.6 Å². The van der Waals surface area contributed by atoms with Gasteiger partial charge in [0.1, 0.15) is 0 Å². The Kier molecular flexibility index (Phi) is 2.00. The summed E-state index contributed by atoms with van der Waals surface area (Å²) in [5.74, 6) is 0. The van der Waals surface area contributed by atoms with Crippen LogP contribution in [0.2, 0.25) is 0 Å². The lowest BCUT2D eigenvalue weighted by Gasteiger charge is -2.04. The summed E-state index contributed by atoms with van der Waals surface area (Å²) < 4.78 is 1.91. The highest BCUT2D eigenvalue weighted by atomic mass is 16.6. The number of fused-ring (bicyclic) bond motifs is 1. The van der Waals surface area contributed by atoms with Crippen LogP contribution >= 0.6 is 0 Å². The Morgan fingerprint density at radius 3 is 2.60 bits per heavy atom. The minimum atomic E-state index is -0.308. The molecule has 0 aliphatic rings. The third-order valence-corrected chi connectivity index (χ3v) is 2.69. The van der Waals surface area contributed by atoms with Crippen LogP contribution in [0.4, 0.5) is 5.69 Å². The van der Waals surface area contributed by atoms with Crippen molar-refractivity contribution in [3.8, 4) is 0 Å². The highest BCUT2D eigenvalue weighted by Gasteiger charge is 2.18. The van der Waals surface area contributed by atoms with Gasteiger partial charge in [-0.3, -0.25) is 10.1 Å². The zero-order chi connectivity index (χ0) is 11.2. The quantitative estimate of drug-likeness (QED) is 0.529. The van der Waals surface area contributed by atoms with Crippen molar-refractivity contribution in [2.45, 2.75) is 13.8 Å². The number of rotatable bonds is 1. The number of aromatic nitrogens is 1. The molecule has 1 heterocycles. The van der Waals surface area contributed by atoms with E-state index in [1.54, 1.807) is 13.0 Å². The highest BCUT2D eigenvalue weighted by Crippen LogP contribution is 2.31. The number of aryl methyl sites for hydroxylation is 3. The number of nitrogens with zero attached hydrogens (tertiary/aromatic N) is 2. The summed E-state index contributed by atoms with van der Waals surface area (Å²) in [6.45, 7) is 3.75. The van der Waals surface area contributed by atoms with Crippen molar-refractivity contribution in [3.63, 3.8) is 0 Å². The first-order chi connectivity index (χ1) is 7.02. The van der Waals surface area contributed by atoms with E-state index >= 15 is 0 Å². The molecule has 0 N–H and O–H groups in total. The molecule has 78 valence electrons. The largest absolute Gasteiger partial charge is 0.350 e. The Balaban J connectivity index is 2.97. The molecule has 0 saturated heterocycles. The number of hydrogen-bond acceptors (Lipinski definition) is 2. The molecule has 1 aromatic heterocycles. The van der Waals surface area contributed by atoms with Crippen molar-refractivity contribution in [2.24, 2.45) is 7.05 Å². The molecule has 0 unspecified atom stereocenters. The first kappa shape index (κ1) is 9.71. The predicted octanol–water partition coefficient (Wildman–Crippen LogP) is 2.70. The van der Waals surface area contributed by atoms with E-state index in [0.29, 0.717) is 0 Å². The Morgan fingerprint density at radius 2 is 2.00 bits per heavy atom. The van der Waals surface area contributed by atoms with Crippen LogP contribution in [-0.2, 0) is 7.05 Å². The van der Waals surface area contributed by atoms with Crippen LogP contribution in [0.25, 0.3) is 10.9 Å². The molecule has 2 aromatic rings. The fraction of sp³-hybridized carbons (Fsp3) is 0.273. The molecule has 0 spiro atoms. The van der Waals surface area contributed by atoms with Crippen LogP contribution in [0.5, 0.6) is 0 Å². The normalized spacial score (nSPS) is 10.9. The maximum absolute atomic E-state index is 11.0. The van der Waals surface area contributed by atoms with Gasteiger partial charge in [-0.1, -0.05) is 0 Å². The van der Waals surface area contributed by atoms with Gasteiger partial charge in [-0.15, -0.1) is 0 Å². The van der Waals surface area contributed by atoms with Gasteiger partial charge < -0.3 is 4.57 Å². The van der Waals surface area contributed by atoms with Gasteiger partial charge in [0.2, 0.25) is 0 Å². The zero-order valence-corrected chi connectivity index (χ0v) is 8.94. The van der Waals surface area contributed by atoms with Crippen LogP contribution in [0.15, 0.2) is 18.3 Å². The summed E-state index contributed by atoms with van der Waals surface area (Å²) in [5, 5.41) is 11.7. The van der Waals surface area contributed by atoms with Gasteiger partial charge in [0.25, 0.3) is 5.69 Å². The summed E-state index contributed by atoms with van der Waals surface area (Å²) in [6.07, 6.45) is 1.85. The van der Waals surface area contributed by atoms with Gasteiger partial charge in [-0.2, -0.15) is 0 Å². The van der Waals surface area contributed by atoms with Crippen molar-refractivity contribution in [3.05, 3.63) is 39.6 Å². The standard InChI is InChI=1S/C11H12N2O2/c1-7-6-8(2)11(13(14)15)9-4-5-12(3)10(7)9/h4-6H,1-3H3. The summed E-state index contributed by atoms with van der Waals surface area (Å²) in [7, 11) is 1.90. The Labute approximate surface area is 87.3 Å². The molecule has 0 aliphatic heterocycles. The summed E-state index contributed by atoms with van der Waals surface area (Å²) in [6, 6.07) is 3.66. The van der Waals surface area contributed by atoms with Gasteiger partial charge in [0.15, 0.2) is 0 Å². The Morgan fingerprint density at radius 1 is 1.33 bits per heavy atom. The van der Waals surface area contributed by atoms with E-state index in [2.05, 4.69) is 0 Å². The average molecular weight is 204 g/mol. The third-order valence-electron chi connectivity index (χ3n) is 2.69. The smallest absolute Gasteiger partial charge is 0.281 e. The first-order valence-electron chi connectivity index (χ1n) is 4.72. The Hall–Kier alpha value is -1.84. The molecule has 2 rings (SSSR count). The van der Waals surface area contributed by atoms with Crippen molar-refractivity contribution >= 4 is 16.6 Å². The van der Waals surface area contributed by atoms with Crippen LogP contribution < -0.4 is 0 Å². The fourth-order valence-corrected chi connectivity index (χ4v) is 2.13. The molecular weight excluding hydrogens is 192 g/mol. The molecule has 0 saturated carbocycles. The maximum Gasteiger partial charge on any atom is 0.281 e. The minimum Gasteiger partial charge on any atom is -0.350 e. The lowest BCUT2D eigenvalue weighted by atomic mass is 10.1. The van der Waals surface area contributed by atoms with Crippen molar-refractivity contribution in [1.29, 1.82) is 0 Å². The van der Waals surface area contributed by atoms with Crippen LogP contribution in [-0.4, -0.2) is 9.49 Å². The van der Waals surface area contributed by atoms with Gasteiger partial charge in [-0.05, 0) is 31.5 Å². The van der Waals surface area contributed by atoms with Gasteiger partial charge >= 0.3 is 0 Å². The minimum absolute atomic E-state index is 0.219. The number of benzene rings is 1. The number of nitro groups is 1. The van der Waals surface area contributed by atoms with Crippen LogP contribution in [0.1, 0.15) is 11.1 Å². The van der Waals surface area contributed by atoms with E-state index in [9.17, 15) is 10.1 Å². The second-order valence-corrected chi connectivity index (χ2v) is 3.81. The Bertz CT molecular complexity index is 555. The highest BCUT2D eigenvalue weighted by molar-refractivity contribution is 5.92. The monoisotopic (exact) mass is 204 g/mol. The molecule has 15 heavy (non-hydrogen) atoms. The molecule has 0 amide bonds. The average Bonchev–Trinajstić information content (AvgIpc) is 2.47. The number of hydrogen-bond donors (Lipinski definition) is 0. The van der Waals surface area contributed by atoms with E-state index in [0.717, 1.165) is 22.0 Å². The van der Waals surface area contributed by atoms with Crippen molar-refractivity contribution in [1.82, 2.24) is 4.57 Å². The lowest BCUT2D eigenvalue weighted by molar-refractivity contribution is -0.383. The summed E-state index contributed by atoms with van der Waals surface area (Å²) in [5.41, 5.74) is 2.94. The van der Waals surface area contributed by atoms with E-state index < -0.39 is 0 Å². The summed E-state index contributed by atoms with van der Waals surface area (Å²) in [4.78, 5) is 10.6. The lowest BCUT2D eigenvalue weighted by Crippen LogP contribution is -1.95. The van der Waals surface area contributed by atoms with Gasteiger partial charge in [-0.25, -0.2) is 0 Å². The maximum atomic E-state index is 11.0. The second kappa shape index (κ2) is 3.08. The predicted molar refractivity (Wildman–Crippen MR) is 59.0 cm³/mol. The molecule has 0 radical (unpaired) electrons. The van der Waals surface area contributed by atoms with E-state index in [1.165, 1.54) is 0 Å². The van der Waals surface area contributed by atoms with E-state index in [1.807, 2.05) is 30.8 Å². The molecule has 0 fully saturated rings. The fourth-order valence-electron chi connectivity index (χ4n) is 2.13. The van der Waals surface area contributed by atoms with Crippen LogP contribution in [0.3, 0.4) is 0 Å². The third kappa shape index (κ3) is 1.29. The SMILES string of the molecule is Cc1cc(C)c2c(ccn2C)c1[N+](=O)[O-]. The van der Waals surface area contributed by atoms with E-state index in [4.69, 9.17) is 0 Å². The molecule has 1 aromatic carbocycles. The van der Waals surface area contributed by atoms with Crippen molar-refractivity contribution in [2.75, 3.05) is 0 Å². The molecule has 4 heteroatoms. The van der Waals surface area contributed by atoms with Gasteiger partial charge in [0, 0.05) is 18.8 Å². The van der Waals surface area contributed by atoms with Crippen molar-refractivity contribution < 1.29 is 4.92 Å². The molecular formula is C11H12N2O2. The topological polar surface area (TPSA) is 48.1 Å². The summed E-state index contributed by atoms with van der Waals surface area (Å²) >= 11 is 0. The second-order valence-electron chi connectivity index (χ2n) is 3.81. The van der Waals surface area contributed by atoms with Crippen LogP contribution in [0, 0.1) is 24.0 Å². The molecule has 0 atom stereocenters. The zero-order valence-electron chi connectivity index (χ0n) is 8.94. The molecule has 4 nitrogen and oxygen atoms in total. The first-order valence-corrected chi connectivity index (χ1v) is 4.72. The molecule has 0 aliphatic carbocycles. The molecule has 0 bridgehead atoms.